The van der Waals surface area contributed by atoms with Crippen LogP contribution in [0, 0.1) is 6.92 Å². The van der Waals surface area contributed by atoms with Crippen molar-refractivity contribution in [1.29, 1.82) is 0 Å². The lowest BCUT2D eigenvalue weighted by Gasteiger charge is -2.12. The number of rotatable bonds is 7. The van der Waals surface area contributed by atoms with E-state index in [0.717, 1.165) is 29.2 Å². The first-order valence-corrected chi connectivity index (χ1v) is 7.80. The van der Waals surface area contributed by atoms with Gasteiger partial charge in [0.25, 0.3) is 0 Å². The van der Waals surface area contributed by atoms with E-state index in [9.17, 15) is 4.79 Å². The summed E-state index contributed by atoms with van der Waals surface area (Å²) < 4.78 is 0. The first-order chi connectivity index (χ1) is 8.04. The fourth-order valence-corrected chi connectivity index (χ4v) is 2.95. The standard InChI is InChI=1S/C12H19NO2S2/c1-8(4-5-16-3)13-7-10-6-11(12(14)15)17-9(10)2/h6,8,13H,4-5,7H2,1-3H3,(H,14,15). The molecule has 0 bridgehead atoms. The number of carboxylic acid groups (broad SMARTS) is 1. The van der Waals surface area contributed by atoms with E-state index < -0.39 is 5.97 Å². The van der Waals surface area contributed by atoms with E-state index in [4.69, 9.17) is 5.11 Å². The fourth-order valence-electron chi connectivity index (χ4n) is 1.48. The van der Waals surface area contributed by atoms with Gasteiger partial charge >= 0.3 is 5.97 Å². The zero-order chi connectivity index (χ0) is 12.8. The number of carbonyl (C=O) groups is 1. The third-order valence-electron chi connectivity index (χ3n) is 2.63. The van der Waals surface area contributed by atoms with E-state index in [0.29, 0.717) is 10.9 Å². The van der Waals surface area contributed by atoms with Crippen LogP contribution in [0.3, 0.4) is 0 Å². The van der Waals surface area contributed by atoms with E-state index in [2.05, 4.69) is 18.5 Å². The summed E-state index contributed by atoms with van der Waals surface area (Å²) in [5.41, 5.74) is 1.10. The first kappa shape index (κ1) is 14.5. The molecule has 0 radical (unpaired) electrons. The van der Waals surface area contributed by atoms with Crippen molar-refractivity contribution < 1.29 is 9.90 Å². The molecule has 1 atom stereocenters. The molecular weight excluding hydrogens is 254 g/mol. The molecule has 1 unspecified atom stereocenters. The second kappa shape index (κ2) is 7.03. The van der Waals surface area contributed by atoms with Crippen LogP contribution in [0.2, 0.25) is 0 Å². The van der Waals surface area contributed by atoms with Crippen molar-refractivity contribution in [2.24, 2.45) is 0 Å². The summed E-state index contributed by atoms with van der Waals surface area (Å²) in [7, 11) is 0. The predicted octanol–water partition coefficient (Wildman–Crippen LogP) is 2.99. The van der Waals surface area contributed by atoms with Crippen molar-refractivity contribution in [2.75, 3.05) is 12.0 Å². The summed E-state index contributed by atoms with van der Waals surface area (Å²) in [5, 5.41) is 12.3. The summed E-state index contributed by atoms with van der Waals surface area (Å²) in [5.74, 6) is 0.316. The van der Waals surface area contributed by atoms with Crippen molar-refractivity contribution in [3.05, 3.63) is 21.4 Å². The molecule has 0 aromatic carbocycles. The van der Waals surface area contributed by atoms with Gasteiger partial charge in [-0.1, -0.05) is 0 Å². The molecule has 3 nitrogen and oxygen atoms in total. The second-order valence-electron chi connectivity index (χ2n) is 4.06. The third kappa shape index (κ3) is 4.69. The fraction of sp³-hybridized carbons (Fsp3) is 0.583. The lowest BCUT2D eigenvalue weighted by Crippen LogP contribution is -2.26. The molecule has 0 aliphatic carbocycles. The Balaban J connectivity index is 2.48. The monoisotopic (exact) mass is 273 g/mol. The number of nitrogens with one attached hydrogen (secondary N) is 1. The van der Waals surface area contributed by atoms with E-state index in [1.54, 1.807) is 6.07 Å². The highest BCUT2D eigenvalue weighted by atomic mass is 32.2. The Hall–Kier alpha value is -0.520. The molecule has 0 fully saturated rings. The van der Waals surface area contributed by atoms with Gasteiger partial charge in [-0.3, -0.25) is 0 Å². The summed E-state index contributed by atoms with van der Waals surface area (Å²) in [6, 6.07) is 2.24. The molecule has 1 heterocycles. The molecule has 1 aromatic heterocycles. The van der Waals surface area contributed by atoms with Gasteiger partial charge in [-0.25, -0.2) is 4.79 Å². The van der Waals surface area contributed by atoms with Crippen LogP contribution in [-0.2, 0) is 6.54 Å². The van der Waals surface area contributed by atoms with Crippen LogP contribution in [-0.4, -0.2) is 29.1 Å². The molecule has 1 aromatic rings. The maximum absolute atomic E-state index is 10.8. The van der Waals surface area contributed by atoms with Crippen molar-refractivity contribution in [1.82, 2.24) is 5.32 Å². The Bertz CT molecular complexity index is 377. The van der Waals surface area contributed by atoms with Gasteiger partial charge in [0.1, 0.15) is 4.88 Å². The first-order valence-electron chi connectivity index (χ1n) is 5.59. The summed E-state index contributed by atoms with van der Waals surface area (Å²) >= 11 is 3.20. The SMILES string of the molecule is CSCCC(C)NCc1cc(C(=O)O)sc1C. The molecule has 0 spiro atoms. The predicted molar refractivity (Wildman–Crippen MR) is 75.3 cm³/mol. The molecule has 0 aliphatic heterocycles. The van der Waals surface area contributed by atoms with Crippen molar-refractivity contribution in [2.45, 2.75) is 32.9 Å². The molecule has 17 heavy (non-hydrogen) atoms. The van der Waals surface area contributed by atoms with Gasteiger partial charge in [0.05, 0.1) is 0 Å². The molecule has 2 N–H and O–H groups in total. The van der Waals surface area contributed by atoms with Crippen molar-refractivity contribution in [3.8, 4) is 0 Å². The van der Waals surface area contributed by atoms with Gasteiger partial charge in [0.15, 0.2) is 0 Å². The van der Waals surface area contributed by atoms with E-state index in [-0.39, 0.29) is 0 Å². The minimum absolute atomic E-state index is 0.427. The summed E-state index contributed by atoms with van der Waals surface area (Å²) in [6.45, 7) is 4.89. The maximum atomic E-state index is 10.8. The van der Waals surface area contributed by atoms with Crippen LogP contribution >= 0.6 is 23.1 Å². The lowest BCUT2D eigenvalue weighted by atomic mass is 10.2. The van der Waals surface area contributed by atoms with Crippen molar-refractivity contribution >= 4 is 29.1 Å². The number of aromatic carboxylic acids is 1. The van der Waals surface area contributed by atoms with E-state index >= 15 is 0 Å². The average molecular weight is 273 g/mol. The molecule has 0 saturated carbocycles. The Morgan fingerprint density at radius 2 is 2.35 bits per heavy atom. The third-order valence-corrected chi connectivity index (χ3v) is 4.35. The van der Waals surface area contributed by atoms with Crippen LogP contribution in [0.5, 0.6) is 0 Å². The van der Waals surface area contributed by atoms with E-state index in [1.165, 1.54) is 11.3 Å². The van der Waals surface area contributed by atoms with Crippen molar-refractivity contribution in [3.63, 3.8) is 0 Å². The highest BCUT2D eigenvalue weighted by Crippen LogP contribution is 2.21. The van der Waals surface area contributed by atoms with Crippen LogP contribution in [0.4, 0.5) is 0 Å². The summed E-state index contributed by atoms with van der Waals surface area (Å²) in [6.07, 6.45) is 3.24. The second-order valence-corrected chi connectivity index (χ2v) is 6.30. The number of thioether (sulfide) groups is 1. The highest BCUT2D eigenvalue weighted by Gasteiger charge is 2.11. The molecule has 96 valence electrons. The van der Waals surface area contributed by atoms with Crippen LogP contribution in [0.15, 0.2) is 6.07 Å². The normalized spacial score (nSPS) is 12.6. The highest BCUT2D eigenvalue weighted by molar-refractivity contribution is 7.98. The molecule has 5 heteroatoms. The zero-order valence-corrected chi connectivity index (χ0v) is 12.1. The number of hydrogen-bond acceptors (Lipinski definition) is 4. The smallest absolute Gasteiger partial charge is 0.345 e. The van der Waals surface area contributed by atoms with Gasteiger partial charge in [-0.05, 0) is 43.9 Å². The number of hydrogen-bond donors (Lipinski definition) is 2. The molecule has 1 rings (SSSR count). The Kier molecular flexibility index (Phi) is 6.02. The van der Waals surface area contributed by atoms with Gasteiger partial charge in [-0.2, -0.15) is 11.8 Å². The molecule has 0 amide bonds. The number of carboxylic acids is 1. The topological polar surface area (TPSA) is 49.3 Å². The zero-order valence-electron chi connectivity index (χ0n) is 10.4. The van der Waals surface area contributed by atoms with E-state index in [1.807, 2.05) is 18.7 Å². The lowest BCUT2D eigenvalue weighted by molar-refractivity contribution is 0.0702. The van der Waals surface area contributed by atoms with Crippen LogP contribution < -0.4 is 5.32 Å². The van der Waals surface area contributed by atoms with Crippen LogP contribution in [0.1, 0.15) is 33.5 Å². The van der Waals surface area contributed by atoms with Gasteiger partial charge in [-0.15, -0.1) is 11.3 Å². The molecule has 0 aliphatic rings. The number of aryl methyl sites for hydroxylation is 1. The molecule has 0 saturated heterocycles. The minimum atomic E-state index is -0.834. The Morgan fingerprint density at radius 1 is 1.65 bits per heavy atom. The quantitative estimate of drug-likeness (QED) is 0.802. The average Bonchev–Trinajstić information content (AvgIpc) is 2.65. The maximum Gasteiger partial charge on any atom is 0.345 e. The number of thiophene rings is 1. The Labute approximate surface area is 111 Å². The van der Waals surface area contributed by atoms with Gasteiger partial charge in [0, 0.05) is 17.5 Å². The van der Waals surface area contributed by atoms with Gasteiger partial charge in [0.2, 0.25) is 0 Å². The Morgan fingerprint density at radius 3 is 2.88 bits per heavy atom. The summed E-state index contributed by atoms with van der Waals surface area (Å²) in [4.78, 5) is 12.3. The van der Waals surface area contributed by atoms with Crippen LogP contribution in [0.25, 0.3) is 0 Å². The minimum Gasteiger partial charge on any atom is -0.477 e. The largest absolute Gasteiger partial charge is 0.477 e. The molecular formula is C12H19NO2S2. The van der Waals surface area contributed by atoms with Gasteiger partial charge < -0.3 is 10.4 Å².